The molecular formula is C18H30BNO2. The number of carbonyl (C=O) groups excluding carboxylic acids is 1. The molecule has 0 bridgehead atoms. The molecule has 0 radical (unpaired) electrons. The molecule has 0 fully saturated rings. The molecule has 1 aromatic carbocycles. The zero-order valence-electron chi connectivity index (χ0n) is 15.1. The lowest BCUT2D eigenvalue weighted by atomic mass is 9.63. The average Bonchev–Trinajstić information content (AvgIpc) is 2.36. The minimum Gasteiger partial charge on any atom is -0.454 e. The molecule has 0 aliphatic carbocycles. The van der Waals surface area contributed by atoms with E-state index in [1.54, 1.807) is 0 Å². The van der Waals surface area contributed by atoms with Gasteiger partial charge in [-0.05, 0) is 39.7 Å². The van der Waals surface area contributed by atoms with Gasteiger partial charge in [0.15, 0.2) is 0 Å². The van der Waals surface area contributed by atoms with E-state index < -0.39 is 11.0 Å². The molecule has 0 amide bonds. The number of benzene rings is 1. The lowest BCUT2D eigenvalue weighted by Gasteiger charge is -2.36. The van der Waals surface area contributed by atoms with Gasteiger partial charge in [0.05, 0.1) is 5.41 Å². The van der Waals surface area contributed by atoms with Crippen molar-refractivity contribution in [3.8, 4) is 0 Å². The number of hydrogen-bond donors (Lipinski definition) is 1. The van der Waals surface area contributed by atoms with Crippen LogP contribution in [-0.4, -0.2) is 20.4 Å². The van der Waals surface area contributed by atoms with Crippen LogP contribution in [-0.2, 0) is 15.1 Å². The largest absolute Gasteiger partial charge is 0.454 e. The predicted molar refractivity (Wildman–Crippen MR) is 94.7 cm³/mol. The van der Waals surface area contributed by atoms with Gasteiger partial charge in [-0.15, -0.1) is 0 Å². The Hall–Kier alpha value is -1.29. The summed E-state index contributed by atoms with van der Waals surface area (Å²) >= 11 is 0. The van der Waals surface area contributed by atoms with Crippen LogP contribution in [0.5, 0.6) is 0 Å². The molecule has 0 saturated heterocycles. The fourth-order valence-corrected chi connectivity index (χ4v) is 2.77. The van der Waals surface area contributed by atoms with Crippen LogP contribution in [0.2, 0.25) is 5.31 Å². The van der Waals surface area contributed by atoms with Gasteiger partial charge in [0.25, 0.3) is 0 Å². The van der Waals surface area contributed by atoms with Crippen LogP contribution in [0.1, 0.15) is 52.2 Å². The molecule has 1 aromatic rings. The van der Waals surface area contributed by atoms with Crippen molar-refractivity contribution in [2.75, 3.05) is 6.54 Å². The second-order valence-corrected chi connectivity index (χ2v) is 8.27. The third-order valence-electron chi connectivity index (χ3n) is 3.96. The molecule has 0 aliphatic heterocycles. The Kier molecular flexibility index (Phi) is 5.50. The van der Waals surface area contributed by atoms with Gasteiger partial charge in [0.1, 0.15) is 13.4 Å². The third kappa shape index (κ3) is 4.87. The van der Waals surface area contributed by atoms with Crippen molar-refractivity contribution < 1.29 is 9.53 Å². The van der Waals surface area contributed by atoms with Crippen molar-refractivity contribution >= 4 is 13.8 Å². The van der Waals surface area contributed by atoms with Crippen molar-refractivity contribution in [2.45, 2.75) is 58.9 Å². The van der Waals surface area contributed by atoms with Crippen LogP contribution in [0.15, 0.2) is 24.3 Å². The molecule has 0 heterocycles. The summed E-state index contributed by atoms with van der Waals surface area (Å²) in [4.78, 5) is 12.7. The van der Waals surface area contributed by atoms with Gasteiger partial charge >= 0.3 is 5.97 Å². The summed E-state index contributed by atoms with van der Waals surface area (Å²) in [5.41, 5.74) is 6.73. The summed E-state index contributed by atoms with van der Waals surface area (Å²) in [5, 5.41) is 0.0150. The van der Waals surface area contributed by atoms with Crippen molar-refractivity contribution in [1.82, 2.24) is 0 Å². The first kappa shape index (κ1) is 18.8. The summed E-state index contributed by atoms with van der Waals surface area (Å²) in [6, 6.07) is 8.07. The number of aryl methyl sites for hydroxylation is 1. The van der Waals surface area contributed by atoms with Gasteiger partial charge < -0.3 is 10.5 Å². The van der Waals surface area contributed by atoms with E-state index in [1.165, 1.54) is 5.56 Å². The minimum absolute atomic E-state index is 0.0150. The summed E-state index contributed by atoms with van der Waals surface area (Å²) in [7, 11) is 2.11. The van der Waals surface area contributed by atoms with Crippen LogP contribution in [0.25, 0.3) is 0 Å². The molecule has 1 atom stereocenters. The summed E-state index contributed by atoms with van der Waals surface area (Å²) < 4.78 is 5.85. The lowest BCUT2D eigenvalue weighted by Crippen LogP contribution is -2.42. The standard InChI is InChI=1S/C18H30BNO2/c1-13-7-9-14(10-8-13)17(4,5)22-15(21)18(6,12-20)11-16(2,3)19/h7-10H,11-12,19-20H2,1-6H3. The number of carbonyl (C=O) groups is 1. The molecule has 0 spiro atoms. The Morgan fingerprint density at radius 3 is 2.05 bits per heavy atom. The van der Waals surface area contributed by atoms with Gasteiger partial charge in [0, 0.05) is 6.54 Å². The normalized spacial score (nSPS) is 15.2. The fraction of sp³-hybridized carbons (Fsp3) is 0.611. The molecule has 0 aromatic heterocycles. The van der Waals surface area contributed by atoms with Crippen molar-refractivity contribution in [2.24, 2.45) is 11.1 Å². The topological polar surface area (TPSA) is 52.3 Å². The predicted octanol–water partition coefficient (Wildman–Crippen LogP) is 2.96. The maximum atomic E-state index is 12.7. The van der Waals surface area contributed by atoms with Gasteiger partial charge in [-0.25, -0.2) is 0 Å². The van der Waals surface area contributed by atoms with Crippen molar-refractivity contribution in [3.05, 3.63) is 35.4 Å². The smallest absolute Gasteiger partial charge is 0.313 e. The monoisotopic (exact) mass is 303 g/mol. The molecule has 22 heavy (non-hydrogen) atoms. The second kappa shape index (κ2) is 6.45. The van der Waals surface area contributed by atoms with Gasteiger partial charge in [0.2, 0.25) is 0 Å². The summed E-state index contributed by atoms with van der Waals surface area (Å²) in [6.07, 6.45) is 0.694. The molecule has 4 heteroatoms. The molecule has 1 rings (SSSR count). The van der Waals surface area contributed by atoms with Gasteiger partial charge in [-0.1, -0.05) is 49.0 Å². The molecule has 122 valence electrons. The Bertz CT molecular complexity index is 517. The first-order valence-corrected chi connectivity index (χ1v) is 7.90. The van der Waals surface area contributed by atoms with Crippen LogP contribution >= 0.6 is 0 Å². The molecular weight excluding hydrogens is 273 g/mol. The Morgan fingerprint density at radius 2 is 1.64 bits per heavy atom. The number of rotatable bonds is 6. The molecule has 2 N–H and O–H groups in total. The Labute approximate surface area is 136 Å². The number of hydrogen-bond acceptors (Lipinski definition) is 3. The van der Waals surface area contributed by atoms with Crippen molar-refractivity contribution in [1.29, 1.82) is 0 Å². The van der Waals surface area contributed by atoms with Gasteiger partial charge in [-0.3, -0.25) is 4.79 Å². The third-order valence-corrected chi connectivity index (χ3v) is 3.96. The first-order chi connectivity index (χ1) is 9.89. The summed E-state index contributed by atoms with van der Waals surface area (Å²) in [5.74, 6) is -0.226. The number of ether oxygens (including phenoxy) is 1. The van der Waals surface area contributed by atoms with E-state index in [1.807, 2.05) is 52.0 Å². The van der Waals surface area contributed by atoms with E-state index in [0.29, 0.717) is 6.42 Å². The minimum atomic E-state index is -0.668. The first-order valence-electron chi connectivity index (χ1n) is 7.90. The zero-order valence-corrected chi connectivity index (χ0v) is 15.1. The number of esters is 1. The quantitative estimate of drug-likeness (QED) is 0.649. The number of nitrogens with two attached hydrogens (primary N) is 1. The van der Waals surface area contributed by atoms with E-state index in [9.17, 15) is 4.79 Å². The fourth-order valence-electron chi connectivity index (χ4n) is 2.77. The van der Waals surface area contributed by atoms with Crippen LogP contribution in [0, 0.1) is 12.3 Å². The zero-order chi connectivity index (χ0) is 17.2. The highest BCUT2D eigenvalue weighted by atomic mass is 16.6. The van der Waals surface area contributed by atoms with E-state index >= 15 is 0 Å². The van der Waals surface area contributed by atoms with Crippen LogP contribution < -0.4 is 5.73 Å². The molecule has 0 saturated carbocycles. The second-order valence-electron chi connectivity index (χ2n) is 8.27. The lowest BCUT2D eigenvalue weighted by molar-refractivity contribution is -0.169. The highest BCUT2D eigenvalue weighted by molar-refractivity contribution is 6.14. The van der Waals surface area contributed by atoms with Gasteiger partial charge in [-0.2, -0.15) is 0 Å². The highest BCUT2D eigenvalue weighted by Gasteiger charge is 2.40. The van der Waals surface area contributed by atoms with E-state index in [-0.39, 0.29) is 17.8 Å². The van der Waals surface area contributed by atoms with Crippen LogP contribution in [0.4, 0.5) is 0 Å². The molecule has 0 aliphatic rings. The molecule has 3 nitrogen and oxygen atoms in total. The van der Waals surface area contributed by atoms with Crippen LogP contribution in [0.3, 0.4) is 0 Å². The SMILES string of the molecule is BC(C)(C)CC(C)(CN)C(=O)OC(C)(C)c1ccc(C)cc1. The Balaban J connectivity index is 2.95. The van der Waals surface area contributed by atoms with E-state index in [4.69, 9.17) is 10.5 Å². The maximum Gasteiger partial charge on any atom is 0.313 e. The Morgan fingerprint density at radius 1 is 1.14 bits per heavy atom. The summed E-state index contributed by atoms with van der Waals surface area (Å²) in [6.45, 7) is 12.3. The highest BCUT2D eigenvalue weighted by Crippen LogP contribution is 2.38. The average molecular weight is 303 g/mol. The van der Waals surface area contributed by atoms with Crippen molar-refractivity contribution in [3.63, 3.8) is 0 Å². The molecule has 1 unspecified atom stereocenters. The maximum absolute atomic E-state index is 12.7. The van der Waals surface area contributed by atoms with E-state index in [0.717, 1.165) is 5.56 Å². The van der Waals surface area contributed by atoms with E-state index in [2.05, 4.69) is 21.7 Å².